The number of rotatable bonds is 4. The van der Waals surface area contributed by atoms with E-state index in [4.69, 9.17) is 14.5 Å². The van der Waals surface area contributed by atoms with Crippen LogP contribution in [0.5, 0.6) is 5.75 Å². The number of aromatic nitrogens is 1. The Hall–Kier alpha value is -2.55. The summed E-state index contributed by atoms with van der Waals surface area (Å²) in [6, 6.07) is 11.6. The van der Waals surface area contributed by atoms with E-state index in [9.17, 15) is 10.1 Å². The molecule has 2 aliphatic rings. The van der Waals surface area contributed by atoms with Crippen molar-refractivity contribution < 1.29 is 14.4 Å². The van der Waals surface area contributed by atoms with E-state index in [2.05, 4.69) is 11.0 Å². The molecule has 0 aliphatic carbocycles. The van der Waals surface area contributed by atoms with Gasteiger partial charge in [0.2, 0.25) is 0 Å². The van der Waals surface area contributed by atoms with Gasteiger partial charge in [-0.3, -0.25) is 15.0 Å². The quantitative estimate of drug-likeness (QED) is 0.453. The number of benzene rings is 2. The zero-order valence-corrected chi connectivity index (χ0v) is 16.7. The third kappa shape index (κ3) is 3.59. The zero-order valence-electron chi connectivity index (χ0n) is 15.9. The van der Waals surface area contributed by atoms with Gasteiger partial charge in [0.1, 0.15) is 10.8 Å². The SMILES string of the molecule is O=[N+]([O-])c1cc2c(c(CN3CCCCC3c3nc4ccccc4s3)c1)OCOC2. The average molecular weight is 411 g/mol. The summed E-state index contributed by atoms with van der Waals surface area (Å²) < 4.78 is 12.3. The van der Waals surface area contributed by atoms with Crippen LogP contribution in [0.3, 0.4) is 0 Å². The summed E-state index contributed by atoms with van der Waals surface area (Å²) in [5.41, 5.74) is 2.71. The highest BCUT2D eigenvalue weighted by molar-refractivity contribution is 7.18. The smallest absolute Gasteiger partial charge is 0.270 e. The van der Waals surface area contributed by atoms with Gasteiger partial charge >= 0.3 is 0 Å². The van der Waals surface area contributed by atoms with Crippen molar-refractivity contribution in [2.75, 3.05) is 13.3 Å². The molecule has 7 nitrogen and oxygen atoms in total. The Morgan fingerprint density at radius 3 is 3.03 bits per heavy atom. The van der Waals surface area contributed by atoms with Crippen molar-refractivity contribution in [2.24, 2.45) is 0 Å². The Morgan fingerprint density at radius 1 is 1.28 bits per heavy atom. The molecule has 3 aromatic rings. The van der Waals surface area contributed by atoms with Crippen molar-refractivity contribution >= 4 is 27.2 Å². The van der Waals surface area contributed by atoms with E-state index in [0.717, 1.165) is 53.2 Å². The first-order valence-corrected chi connectivity index (χ1v) is 10.6. The predicted molar refractivity (Wildman–Crippen MR) is 110 cm³/mol. The van der Waals surface area contributed by atoms with Crippen molar-refractivity contribution in [1.82, 2.24) is 9.88 Å². The van der Waals surface area contributed by atoms with Crippen molar-refractivity contribution in [3.05, 3.63) is 62.6 Å². The summed E-state index contributed by atoms with van der Waals surface area (Å²) in [6.07, 6.45) is 3.32. The Labute approximate surface area is 172 Å². The minimum absolute atomic E-state index is 0.0846. The summed E-state index contributed by atoms with van der Waals surface area (Å²) >= 11 is 1.74. The third-order valence-corrected chi connectivity index (χ3v) is 6.70. The van der Waals surface area contributed by atoms with Gasteiger partial charge in [-0.15, -0.1) is 11.3 Å². The largest absolute Gasteiger partial charge is 0.467 e. The molecule has 2 aromatic carbocycles. The fraction of sp³-hybridized carbons (Fsp3) is 0.381. The molecule has 0 bridgehead atoms. The molecule has 1 aromatic heterocycles. The highest BCUT2D eigenvalue weighted by Crippen LogP contribution is 2.39. The van der Waals surface area contributed by atoms with Crippen LogP contribution in [0.25, 0.3) is 10.2 Å². The number of piperidine rings is 1. The molecule has 1 atom stereocenters. The number of hydrogen-bond acceptors (Lipinski definition) is 7. The van der Waals surface area contributed by atoms with Crippen LogP contribution in [0.1, 0.15) is 41.4 Å². The molecule has 8 heteroatoms. The summed E-state index contributed by atoms with van der Waals surface area (Å²) in [5, 5.41) is 12.5. The standard InChI is InChI=1S/C21H21N3O4S/c25-24(26)16-9-14(20-15(10-16)12-27-13-28-20)11-23-8-4-3-6-18(23)21-22-17-5-1-2-7-19(17)29-21/h1-2,5,7,9-10,18H,3-4,6,8,11-13H2. The predicted octanol–water partition coefficient (Wildman–Crippen LogP) is 4.80. The van der Waals surface area contributed by atoms with E-state index < -0.39 is 0 Å². The number of nitro benzene ring substituents is 1. The lowest BCUT2D eigenvalue weighted by Crippen LogP contribution is -2.33. The third-order valence-electron chi connectivity index (χ3n) is 5.57. The lowest BCUT2D eigenvalue weighted by atomic mass is 10.00. The maximum atomic E-state index is 11.4. The second-order valence-electron chi connectivity index (χ2n) is 7.46. The monoisotopic (exact) mass is 411 g/mol. The number of nitro groups is 1. The van der Waals surface area contributed by atoms with E-state index in [1.807, 2.05) is 18.2 Å². The lowest BCUT2D eigenvalue weighted by Gasteiger charge is -2.35. The van der Waals surface area contributed by atoms with Crippen LogP contribution < -0.4 is 4.74 Å². The first-order chi connectivity index (χ1) is 14.2. The number of hydrogen-bond donors (Lipinski definition) is 0. The summed E-state index contributed by atoms with van der Waals surface area (Å²) in [4.78, 5) is 18.3. The number of nitrogens with zero attached hydrogens (tertiary/aromatic N) is 3. The molecule has 2 aliphatic heterocycles. The number of para-hydroxylation sites is 1. The van der Waals surface area contributed by atoms with E-state index >= 15 is 0 Å². The van der Waals surface area contributed by atoms with Crippen LogP contribution in [-0.4, -0.2) is 28.1 Å². The first-order valence-electron chi connectivity index (χ1n) is 9.79. The Balaban J connectivity index is 1.49. The summed E-state index contributed by atoms with van der Waals surface area (Å²) in [5.74, 6) is 0.732. The molecular weight excluding hydrogens is 390 g/mol. The second kappa shape index (κ2) is 7.70. The molecule has 0 saturated carbocycles. The van der Waals surface area contributed by atoms with E-state index in [0.29, 0.717) is 13.2 Å². The zero-order chi connectivity index (χ0) is 19.8. The van der Waals surface area contributed by atoms with Crippen LogP contribution in [0.15, 0.2) is 36.4 Å². The molecule has 29 heavy (non-hydrogen) atoms. The van der Waals surface area contributed by atoms with Gasteiger partial charge < -0.3 is 9.47 Å². The molecule has 1 unspecified atom stereocenters. The molecular formula is C21H21N3O4S. The number of thiazole rings is 1. The Bertz CT molecular complexity index is 1030. The topological polar surface area (TPSA) is 77.7 Å². The molecule has 150 valence electrons. The molecule has 0 spiro atoms. The first kappa shape index (κ1) is 18.5. The Morgan fingerprint density at radius 2 is 2.17 bits per heavy atom. The van der Waals surface area contributed by atoms with Crippen LogP contribution in [-0.2, 0) is 17.9 Å². The van der Waals surface area contributed by atoms with Gasteiger partial charge in [0.25, 0.3) is 5.69 Å². The van der Waals surface area contributed by atoms with E-state index in [-0.39, 0.29) is 23.4 Å². The van der Waals surface area contributed by atoms with Crippen molar-refractivity contribution in [3.8, 4) is 5.75 Å². The van der Waals surface area contributed by atoms with E-state index in [1.165, 1.54) is 4.70 Å². The fourth-order valence-corrected chi connectivity index (χ4v) is 5.35. The van der Waals surface area contributed by atoms with Gasteiger partial charge in [-0.05, 0) is 31.5 Å². The van der Waals surface area contributed by atoms with Crippen molar-refractivity contribution in [2.45, 2.75) is 38.5 Å². The molecule has 1 saturated heterocycles. The van der Waals surface area contributed by atoms with Gasteiger partial charge in [0, 0.05) is 29.8 Å². The molecule has 3 heterocycles. The van der Waals surface area contributed by atoms with Crippen LogP contribution >= 0.6 is 11.3 Å². The highest BCUT2D eigenvalue weighted by atomic mass is 32.1. The van der Waals surface area contributed by atoms with Crippen LogP contribution in [0.4, 0.5) is 5.69 Å². The number of ether oxygens (including phenoxy) is 2. The summed E-state index contributed by atoms with van der Waals surface area (Å²) in [6.45, 7) is 2.06. The van der Waals surface area contributed by atoms with Crippen LogP contribution in [0, 0.1) is 10.1 Å². The van der Waals surface area contributed by atoms with Crippen molar-refractivity contribution in [3.63, 3.8) is 0 Å². The highest BCUT2D eigenvalue weighted by Gasteiger charge is 2.29. The summed E-state index contributed by atoms with van der Waals surface area (Å²) in [7, 11) is 0. The van der Waals surface area contributed by atoms with Crippen LogP contribution in [0.2, 0.25) is 0 Å². The molecule has 1 fully saturated rings. The Kier molecular flexibility index (Phi) is 4.91. The fourth-order valence-electron chi connectivity index (χ4n) is 4.21. The molecule has 0 radical (unpaired) electrons. The normalized spacial score (nSPS) is 19.7. The number of likely N-dealkylation sites (tertiary alicyclic amines) is 1. The van der Waals surface area contributed by atoms with Gasteiger partial charge in [-0.1, -0.05) is 18.6 Å². The molecule has 0 amide bonds. The molecule has 5 rings (SSSR count). The van der Waals surface area contributed by atoms with Gasteiger partial charge in [-0.2, -0.15) is 0 Å². The van der Waals surface area contributed by atoms with Gasteiger partial charge in [0.05, 0.1) is 27.8 Å². The minimum atomic E-state index is -0.348. The van der Waals surface area contributed by atoms with Crippen molar-refractivity contribution in [1.29, 1.82) is 0 Å². The minimum Gasteiger partial charge on any atom is -0.467 e. The maximum Gasteiger partial charge on any atom is 0.270 e. The maximum absolute atomic E-state index is 11.4. The average Bonchev–Trinajstić information content (AvgIpc) is 3.18. The molecule has 0 N–H and O–H groups in total. The number of fused-ring (bicyclic) bond motifs is 2. The van der Waals surface area contributed by atoms with Gasteiger partial charge in [-0.25, -0.2) is 4.98 Å². The second-order valence-corrected chi connectivity index (χ2v) is 8.53. The van der Waals surface area contributed by atoms with Gasteiger partial charge in [0.15, 0.2) is 6.79 Å². The number of non-ortho nitro benzene ring substituents is 1. The lowest BCUT2D eigenvalue weighted by molar-refractivity contribution is -0.385. The van der Waals surface area contributed by atoms with E-state index in [1.54, 1.807) is 23.5 Å².